The maximum absolute atomic E-state index is 12.5. The predicted molar refractivity (Wildman–Crippen MR) is 110 cm³/mol. The lowest BCUT2D eigenvalue weighted by molar-refractivity contribution is -0.121. The number of rotatable bonds is 6. The van der Waals surface area contributed by atoms with Gasteiger partial charge in [0, 0.05) is 12.2 Å². The Bertz CT molecular complexity index is 647. The molecule has 2 amide bonds. The third kappa shape index (κ3) is 7.03. The third-order valence-electron chi connectivity index (χ3n) is 4.87. The number of hydrogen-bond acceptors (Lipinski definition) is 5. The van der Waals surface area contributed by atoms with Gasteiger partial charge in [0.1, 0.15) is 11.4 Å². The van der Waals surface area contributed by atoms with E-state index in [0.717, 1.165) is 37.4 Å². The number of methoxy groups -OCH3 is 1. The number of benzene rings is 1. The van der Waals surface area contributed by atoms with E-state index in [4.69, 9.17) is 9.47 Å². The van der Waals surface area contributed by atoms with Gasteiger partial charge in [-0.3, -0.25) is 9.69 Å². The normalized spacial score (nSPS) is 16.9. The first-order chi connectivity index (χ1) is 13.2. The van der Waals surface area contributed by atoms with Gasteiger partial charge >= 0.3 is 6.09 Å². The molecule has 1 aromatic carbocycles. The summed E-state index contributed by atoms with van der Waals surface area (Å²) in [6, 6.07) is 7.10. The van der Waals surface area contributed by atoms with Crippen LogP contribution >= 0.6 is 0 Å². The topological polar surface area (TPSA) is 79.9 Å². The van der Waals surface area contributed by atoms with Crippen molar-refractivity contribution in [2.24, 2.45) is 5.92 Å². The van der Waals surface area contributed by atoms with Gasteiger partial charge in [-0.25, -0.2) is 4.79 Å². The molecule has 156 valence electrons. The maximum Gasteiger partial charge on any atom is 0.407 e. The molecule has 1 saturated heterocycles. The average Bonchev–Trinajstić information content (AvgIpc) is 2.65. The summed E-state index contributed by atoms with van der Waals surface area (Å²) in [6.45, 7) is 9.75. The number of alkyl carbamates (subject to hydrolysis) is 1. The van der Waals surface area contributed by atoms with Gasteiger partial charge in [0.2, 0.25) is 5.91 Å². The molecule has 7 heteroatoms. The van der Waals surface area contributed by atoms with Crippen LogP contribution in [0.5, 0.6) is 5.75 Å². The molecule has 0 aromatic heterocycles. The largest absolute Gasteiger partial charge is 0.497 e. The molecule has 0 spiro atoms. The highest BCUT2D eigenvalue weighted by molar-refractivity contribution is 5.94. The van der Waals surface area contributed by atoms with Gasteiger partial charge in [-0.1, -0.05) is 0 Å². The minimum Gasteiger partial charge on any atom is -0.497 e. The van der Waals surface area contributed by atoms with Gasteiger partial charge in [0.15, 0.2) is 0 Å². The zero-order valence-corrected chi connectivity index (χ0v) is 17.6. The first-order valence-electron chi connectivity index (χ1n) is 9.84. The quantitative estimate of drug-likeness (QED) is 0.778. The third-order valence-corrected chi connectivity index (χ3v) is 4.87. The van der Waals surface area contributed by atoms with Crippen LogP contribution in [0.3, 0.4) is 0 Å². The Morgan fingerprint density at radius 1 is 1.18 bits per heavy atom. The molecule has 0 radical (unpaired) electrons. The van der Waals surface area contributed by atoms with E-state index in [2.05, 4.69) is 15.5 Å². The van der Waals surface area contributed by atoms with Crippen LogP contribution in [0.15, 0.2) is 24.3 Å². The molecule has 1 aromatic rings. The maximum atomic E-state index is 12.5. The molecule has 7 nitrogen and oxygen atoms in total. The lowest BCUT2D eigenvalue weighted by Crippen LogP contribution is -2.47. The van der Waals surface area contributed by atoms with E-state index in [9.17, 15) is 9.59 Å². The van der Waals surface area contributed by atoms with Crippen LogP contribution < -0.4 is 15.4 Å². The summed E-state index contributed by atoms with van der Waals surface area (Å²) in [5, 5.41) is 5.80. The highest BCUT2D eigenvalue weighted by Gasteiger charge is 2.27. The highest BCUT2D eigenvalue weighted by atomic mass is 16.6. The Hall–Kier alpha value is -2.28. The Morgan fingerprint density at radius 3 is 2.32 bits per heavy atom. The molecule has 1 unspecified atom stereocenters. The molecular weight excluding hydrogens is 358 g/mol. The monoisotopic (exact) mass is 391 g/mol. The molecule has 1 atom stereocenters. The fourth-order valence-electron chi connectivity index (χ4n) is 3.17. The van der Waals surface area contributed by atoms with Crippen molar-refractivity contribution in [2.75, 3.05) is 32.1 Å². The highest BCUT2D eigenvalue weighted by Crippen LogP contribution is 2.20. The average molecular weight is 392 g/mol. The number of amides is 2. The van der Waals surface area contributed by atoms with Gasteiger partial charge in [0.05, 0.1) is 13.2 Å². The van der Waals surface area contributed by atoms with E-state index in [1.165, 1.54) is 0 Å². The van der Waals surface area contributed by atoms with Crippen LogP contribution in [0.1, 0.15) is 40.5 Å². The second-order valence-electron chi connectivity index (χ2n) is 8.26. The molecule has 1 fully saturated rings. The van der Waals surface area contributed by atoms with E-state index in [1.807, 2.05) is 52.0 Å². The molecule has 0 aliphatic carbocycles. The lowest BCUT2D eigenvalue weighted by Gasteiger charge is -2.35. The second kappa shape index (κ2) is 9.78. The Morgan fingerprint density at radius 2 is 1.79 bits per heavy atom. The molecular formula is C21H33N3O4. The summed E-state index contributed by atoms with van der Waals surface area (Å²) < 4.78 is 10.4. The van der Waals surface area contributed by atoms with E-state index < -0.39 is 5.60 Å². The van der Waals surface area contributed by atoms with Crippen LogP contribution in [-0.4, -0.2) is 55.3 Å². The Balaban J connectivity index is 1.74. The summed E-state index contributed by atoms with van der Waals surface area (Å²) in [7, 11) is 1.61. The number of anilines is 1. The first-order valence-corrected chi connectivity index (χ1v) is 9.84. The summed E-state index contributed by atoms with van der Waals surface area (Å²) in [5.74, 6) is 1.14. The van der Waals surface area contributed by atoms with Gasteiger partial charge in [0.25, 0.3) is 0 Å². The fourth-order valence-corrected chi connectivity index (χ4v) is 3.17. The standard InChI is InChI=1S/C21H33N3O4/c1-15(19(25)23-17-6-8-18(27-5)9-7-17)24-12-10-16(11-13-24)14-22-20(26)28-21(2,3)4/h6-9,15-16H,10-14H2,1-5H3,(H,22,26)(H,23,25). The predicted octanol–water partition coefficient (Wildman–Crippen LogP) is 3.26. The van der Waals surface area contributed by atoms with Gasteiger partial charge < -0.3 is 20.1 Å². The number of likely N-dealkylation sites (tertiary alicyclic amines) is 1. The molecule has 2 N–H and O–H groups in total. The number of carbonyl (C=O) groups excluding carboxylic acids is 2. The zero-order chi connectivity index (χ0) is 20.7. The van der Waals surface area contributed by atoms with Crippen molar-refractivity contribution in [2.45, 2.75) is 52.2 Å². The molecule has 2 rings (SSSR count). The Kier molecular flexibility index (Phi) is 7.69. The molecule has 0 saturated carbocycles. The second-order valence-corrected chi connectivity index (χ2v) is 8.26. The van der Waals surface area contributed by atoms with E-state index in [1.54, 1.807) is 7.11 Å². The van der Waals surface area contributed by atoms with Crippen molar-refractivity contribution in [1.29, 1.82) is 0 Å². The molecule has 1 aliphatic heterocycles. The smallest absolute Gasteiger partial charge is 0.407 e. The summed E-state index contributed by atoms with van der Waals surface area (Å²) in [5.41, 5.74) is 0.272. The van der Waals surface area contributed by atoms with Gasteiger partial charge in [-0.15, -0.1) is 0 Å². The van der Waals surface area contributed by atoms with Crippen LogP contribution in [0, 0.1) is 5.92 Å². The van der Waals surface area contributed by atoms with E-state index in [-0.39, 0.29) is 18.0 Å². The molecule has 28 heavy (non-hydrogen) atoms. The van der Waals surface area contributed by atoms with Crippen LogP contribution in [-0.2, 0) is 9.53 Å². The molecule has 1 heterocycles. The summed E-state index contributed by atoms with van der Waals surface area (Å²) >= 11 is 0. The van der Waals surface area contributed by atoms with Crippen molar-refractivity contribution in [1.82, 2.24) is 10.2 Å². The Labute approximate surface area is 167 Å². The summed E-state index contributed by atoms with van der Waals surface area (Å²) in [4.78, 5) is 26.5. The van der Waals surface area contributed by atoms with Gasteiger partial charge in [-0.2, -0.15) is 0 Å². The fraction of sp³-hybridized carbons (Fsp3) is 0.619. The van der Waals surface area contributed by atoms with E-state index in [0.29, 0.717) is 12.5 Å². The summed E-state index contributed by atoms with van der Waals surface area (Å²) in [6.07, 6.45) is 1.51. The molecule has 0 bridgehead atoms. The van der Waals surface area contributed by atoms with Crippen molar-refractivity contribution in [3.8, 4) is 5.75 Å². The van der Waals surface area contributed by atoms with Crippen molar-refractivity contribution in [3.63, 3.8) is 0 Å². The first kappa shape index (κ1) is 22.0. The number of hydrogen-bond donors (Lipinski definition) is 2. The minimum absolute atomic E-state index is 0.0181. The van der Waals surface area contributed by atoms with E-state index >= 15 is 0 Å². The number of piperidine rings is 1. The minimum atomic E-state index is -0.486. The van der Waals surface area contributed by atoms with Crippen molar-refractivity contribution >= 4 is 17.7 Å². The number of nitrogens with one attached hydrogen (secondary N) is 2. The lowest BCUT2D eigenvalue weighted by atomic mass is 9.96. The molecule has 1 aliphatic rings. The van der Waals surface area contributed by atoms with Crippen LogP contribution in [0.25, 0.3) is 0 Å². The van der Waals surface area contributed by atoms with Crippen molar-refractivity contribution in [3.05, 3.63) is 24.3 Å². The van der Waals surface area contributed by atoms with Crippen LogP contribution in [0.4, 0.5) is 10.5 Å². The van der Waals surface area contributed by atoms with Crippen LogP contribution in [0.2, 0.25) is 0 Å². The SMILES string of the molecule is COc1ccc(NC(=O)C(C)N2CCC(CNC(=O)OC(C)(C)C)CC2)cc1. The van der Waals surface area contributed by atoms with Crippen molar-refractivity contribution < 1.29 is 19.1 Å². The number of ether oxygens (including phenoxy) is 2. The van der Waals surface area contributed by atoms with Gasteiger partial charge in [-0.05, 0) is 83.8 Å². The zero-order valence-electron chi connectivity index (χ0n) is 17.6. The number of carbonyl (C=O) groups is 2. The number of nitrogens with zero attached hydrogens (tertiary/aromatic N) is 1.